The van der Waals surface area contributed by atoms with E-state index in [-0.39, 0.29) is 0 Å². The number of hydrogen-bond acceptors (Lipinski definition) is 2. The standard InChI is InChI=1S/C13H12BrNO/c14-15-12-8-4-5-9-13(12)16-10-11-6-2-1-3-7-11/h1-9,15H,10H2. The average molecular weight is 278 g/mol. The molecule has 0 radical (unpaired) electrons. The maximum absolute atomic E-state index is 5.72. The molecule has 2 nitrogen and oxygen atoms in total. The first-order valence-corrected chi connectivity index (χ1v) is 5.82. The largest absolute Gasteiger partial charge is 0.487 e. The SMILES string of the molecule is BrNc1ccccc1OCc1ccccc1. The molecule has 0 spiro atoms. The van der Waals surface area contributed by atoms with Gasteiger partial charge in [0.2, 0.25) is 0 Å². The van der Waals surface area contributed by atoms with E-state index in [1.807, 2.05) is 54.6 Å². The minimum atomic E-state index is 0.576. The molecule has 3 heteroatoms. The Balaban J connectivity index is 2.05. The van der Waals surface area contributed by atoms with Gasteiger partial charge in [0.1, 0.15) is 12.4 Å². The lowest BCUT2D eigenvalue weighted by molar-refractivity contribution is 0.308. The van der Waals surface area contributed by atoms with Gasteiger partial charge in [-0.15, -0.1) is 0 Å². The molecule has 2 aromatic carbocycles. The van der Waals surface area contributed by atoms with E-state index in [0.717, 1.165) is 17.0 Å². The average Bonchev–Trinajstić information content (AvgIpc) is 2.38. The van der Waals surface area contributed by atoms with Crippen LogP contribution in [0.15, 0.2) is 54.6 Å². The maximum atomic E-state index is 5.72. The van der Waals surface area contributed by atoms with Crippen molar-refractivity contribution in [3.63, 3.8) is 0 Å². The van der Waals surface area contributed by atoms with E-state index >= 15 is 0 Å². The van der Waals surface area contributed by atoms with Crippen molar-refractivity contribution in [3.8, 4) is 5.75 Å². The summed E-state index contributed by atoms with van der Waals surface area (Å²) in [5, 5.41) is 0. The van der Waals surface area contributed by atoms with Crippen LogP contribution in [-0.2, 0) is 6.61 Å². The highest BCUT2D eigenvalue weighted by atomic mass is 79.9. The zero-order chi connectivity index (χ0) is 11.2. The fourth-order valence-electron chi connectivity index (χ4n) is 1.41. The fraction of sp³-hybridized carbons (Fsp3) is 0.0769. The molecule has 0 aliphatic rings. The van der Waals surface area contributed by atoms with Gasteiger partial charge in [-0.2, -0.15) is 0 Å². The second-order valence-corrected chi connectivity index (χ2v) is 3.76. The van der Waals surface area contributed by atoms with Gasteiger partial charge in [-0.3, -0.25) is 0 Å². The van der Waals surface area contributed by atoms with Crippen LogP contribution in [0.3, 0.4) is 0 Å². The topological polar surface area (TPSA) is 21.3 Å². The Morgan fingerprint density at radius 1 is 0.938 bits per heavy atom. The normalized spacial score (nSPS) is 9.81. The first-order chi connectivity index (χ1) is 7.90. The lowest BCUT2D eigenvalue weighted by Gasteiger charge is -2.09. The van der Waals surface area contributed by atoms with Crippen molar-refractivity contribution in [2.75, 3.05) is 4.34 Å². The number of para-hydroxylation sites is 2. The van der Waals surface area contributed by atoms with Gasteiger partial charge in [-0.25, -0.2) is 0 Å². The molecule has 0 saturated heterocycles. The third-order valence-corrected chi connectivity index (χ3v) is 2.65. The molecule has 0 atom stereocenters. The molecule has 16 heavy (non-hydrogen) atoms. The molecular weight excluding hydrogens is 266 g/mol. The summed E-state index contributed by atoms with van der Waals surface area (Å²) in [4.78, 5) is 0. The van der Waals surface area contributed by atoms with Gasteiger partial charge in [0.25, 0.3) is 0 Å². The van der Waals surface area contributed by atoms with E-state index in [4.69, 9.17) is 4.74 Å². The molecular formula is C13H12BrNO. The van der Waals surface area contributed by atoms with Gasteiger partial charge < -0.3 is 9.08 Å². The van der Waals surface area contributed by atoms with Crippen LogP contribution in [0.25, 0.3) is 0 Å². The number of halogens is 1. The highest BCUT2D eigenvalue weighted by Gasteiger charge is 2.00. The summed E-state index contributed by atoms with van der Waals surface area (Å²) < 4.78 is 8.64. The van der Waals surface area contributed by atoms with Gasteiger partial charge in [0.05, 0.1) is 5.69 Å². The summed E-state index contributed by atoms with van der Waals surface area (Å²) in [6.07, 6.45) is 0. The van der Waals surface area contributed by atoms with Crippen LogP contribution in [0.5, 0.6) is 5.75 Å². The molecule has 0 aliphatic heterocycles. The van der Waals surface area contributed by atoms with Crippen molar-refractivity contribution in [3.05, 3.63) is 60.2 Å². The molecule has 0 aromatic heterocycles. The van der Waals surface area contributed by atoms with Gasteiger partial charge in [0.15, 0.2) is 0 Å². The molecule has 2 rings (SSSR count). The maximum Gasteiger partial charge on any atom is 0.143 e. The Labute approximate surface area is 104 Å². The van der Waals surface area contributed by atoms with Crippen LogP contribution in [-0.4, -0.2) is 0 Å². The number of rotatable bonds is 4. The summed E-state index contributed by atoms with van der Waals surface area (Å²) in [7, 11) is 0. The molecule has 0 heterocycles. The molecule has 82 valence electrons. The molecule has 0 aliphatic carbocycles. The zero-order valence-corrected chi connectivity index (χ0v) is 10.3. The Bertz CT molecular complexity index is 445. The third-order valence-electron chi connectivity index (χ3n) is 2.23. The van der Waals surface area contributed by atoms with E-state index in [1.54, 1.807) is 0 Å². The van der Waals surface area contributed by atoms with E-state index in [0.29, 0.717) is 6.61 Å². The monoisotopic (exact) mass is 277 g/mol. The quantitative estimate of drug-likeness (QED) is 0.854. The van der Waals surface area contributed by atoms with Crippen LogP contribution in [0.1, 0.15) is 5.56 Å². The van der Waals surface area contributed by atoms with Crippen LogP contribution in [0, 0.1) is 0 Å². The Morgan fingerprint density at radius 2 is 1.62 bits per heavy atom. The molecule has 2 aromatic rings. The summed E-state index contributed by atoms with van der Waals surface area (Å²) in [5.74, 6) is 0.836. The number of hydrogen-bond donors (Lipinski definition) is 1. The molecule has 0 saturated carbocycles. The predicted octanol–water partition coefficient (Wildman–Crippen LogP) is 3.99. The highest BCUT2D eigenvalue weighted by Crippen LogP contribution is 2.25. The van der Waals surface area contributed by atoms with Crippen molar-refractivity contribution < 1.29 is 4.74 Å². The Morgan fingerprint density at radius 3 is 2.38 bits per heavy atom. The van der Waals surface area contributed by atoms with E-state index < -0.39 is 0 Å². The number of ether oxygens (including phenoxy) is 1. The second-order valence-electron chi connectivity index (χ2n) is 3.36. The van der Waals surface area contributed by atoms with E-state index in [9.17, 15) is 0 Å². The predicted molar refractivity (Wildman–Crippen MR) is 69.8 cm³/mol. The van der Waals surface area contributed by atoms with Crippen molar-refractivity contribution >= 4 is 21.8 Å². The van der Waals surface area contributed by atoms with Crippen LogP contribution in [0.2, 0.25) is 0 Å². The van der Waals surface area contributed by atoms with Gasteiger partial charge >= 0.3 is 0 Å². The fourth-order valence-corrected chi connectivity index (χ4v) is 1.73. The van der Waals surface area contributed by atoms with Crippen LogP contribution < -0.4 is 9.08 Å². The molecule has 0 unspecified atom stereocenters. The van der Waals surface area contributed by atoms with Gasteiger partial charge in [0, 0.05) is 16.1 Å². The minimum absolute atomic E-state index is 0.576. The minimum Gasteiger partial charge on any atom is -0.487 e. The van der Waals surface area contributed by atoms with Gasteiger partial charge in [-0.1, -0.05) is 42.5 Å². The summed E-state index contributed by atoms with van der Waals surface area (Å²) in [5.41, 5.74) is 2.09. The Kier molecular flexibility index (Phi) is 3.83. The van der Waals surface area contributed by atoms with Crippen molar-refractivity contribution in [1.29, 1.82) is 0 Å². The lowest BCUT2D eigenvalue weighted by atomic mass is 10.2. The summed E-state index contributed by atoms with van der Waals surface area (Å²) in [6, 6.07) is 17.9. The highest BCUT2D eigenvalue weighted by molar-refractivity contribution is 9.10. The first kappa shape index (κ1) is 11.0. The van der Waals surface area contributed by atoms with Crippen molar-refractivity contribution in [2.45, 2.75) is 6.61 Å². The van der Waals surface area contributed by atoms with Crippen LogP contribution >= 0.6 is 16.1 Å². The third kappa shape index (κ3) is 2.76. The van der Waals surface area contributed by atoms with Crippen LogP contribution in [0.4, 0.5) is 5.69 Å². The zero-order valence-electron chi connectivity index (χ0n) is 8.69. The lowest BCUT2D eigenvalue weighted by Crippen LogP contribution is -1.96. The summed E-state index contributed by atoms with van der Waals surface area (Å²) in [6.45, 7) is 0.576. The molecule has 0 bridgehead atoms. The smallest absolute Gasteiger partial charge is 0.143 e. The second kappa shape index (κ2) is 5.56. The Hall–Kier alpha value is -1.48. The molecule has 1 N–H and O–H groups in total. The van der Waals surface area contributed by atoms with Crippen molar-refractivity contribution in [1.82, 2.24) is 0 Å². The molecule has 0 amide bonds. The summed E-state index contributed by atoms with van der Waals surface area (Å²) >= 11 is 3.20. The van der Waals surface area contributed by atoms with E-state index in [2.05, 4.69) is 20.5 Å². The number of nitrogens with one attached hydrogen (secondary N) is 1. The molecule has 0 fully saturated rings. The number of benzene rings is 2. The van der Waals surface area contributed by atoms with Gasteiger partial charge in [-0.05, 0) is 17.7 Å². The number of anilines is 1. The first-order valence-electron chi connectivity index (χ1n) is 5.02. The van der Waals surface area contributed by atoms with Crippen molar-refractivity contribution in [2.24, 2.45) is 0 Å². The van der Waals surface area contributed by atoms with E-state index in [1.165, 1.54) is 0 Å².